The number of aromatic nitrogens is 1. The minimum atomic E-state index is -0.673. The topological polar surface area (TPSA) is 76.6 Å². The standard InChI is InChI=1S/C21H13ClN2O4/c1-11-9-16(23-28-11)24-18(12-5-3-2-4-6-12)17-19(25)14-10-13(22)7-8-15(14)27-20(17)21(24)26/h2-10,18H,1H3. The molecular formula is C21H13ClN2O4. The van der Waals surface area contributed by atoms with Crippen LogP contribution < -0.4 is 10.3 Å². The van der Waals surface area contributed by atoms with Crippen LogP contribution in [0.2, 0.25) is 5.02 Å². The molecule has 0 fully saturated rings. The zero-order chi connectivity index (χ0) is 19.4. The highest BCUT2D eigenvalue weighted by molar-refractivity contribution is 6.31. The van der Waals surface area contributed by atoms with Gasteiger partial charge in [-0.15, -0.1) is 0 Å². The van der Waals surface area contributed by atoms with E-state index in [9.17, 15) is 9.59 Å². The van der Waals surface area contributed by atoms with E-state index in [-0.39, 0.29) is 16.8 Å². The Bertz CT molecular complexity index is 1290. The van der Waals surface area contributed by atoms with Gasteiger partial charge in [0, 0.05) is 11.1 Å². The molecular weight excluding hydrogens is 380 g/mol. The first-order chi connectivity index (χ1) is 13.5. The van der Waals surface area contributed by atoms with E-state index in [1.807, 2.05) is 30.3 Å². The van der Waals surface area contributed by atoms with Gasteiger partial charge in [-0.3, -0.25) is 14.5 Å². The molecule has 0 saturated heterocycles. The summed E-state index contributed by atoms with van der Waals surface area (Å²) in [6.07, 6.45) is 0. The van der Waals surface area contributed by atoms with Crippen molar-refractivity contribution in [1.82, 2.24) is 5.16 Å². The molecule has 7 heteroatoms. The molecule has 1 amide bonds. The van der Waals surface area contributed by atoms with Crippen LogP contribution in [0.4, 0.5) is 5.82 Å². The summed E-state index contributed by atoms with van der Waals surface area (Å²) >= 11 is 6.07. The summed E-state index contributed by atoms with van der Waals surface area (Å²) < 4.78 is 11.0. The molecule has 6 nitrogen and oxygen atoms in total. The molecule has 0 radical (unpaired) electrons. The Morgan fingerprint density at radius 2 is 1.86 bits per heavy atom. The fourth-order valence-corrected chi connectivity index (χ4v) is 3.77. The van der Waals surface area contributed by atoms with Crippen LogP contribution in [0, 0.1) is 6.92 Å². The fraction of sp³-hybridized carbons (Fsp3) is 0.0952. The van der Waals surface area contributed by atoms with Crippen molar-refractivity contribution in [2.45, 2.75) is 13.0 Å². The number of fused-ring (bicyclic) bond motifs is 2. The molecule has 5 rings (SSSR count). The maximum absolute atomic E-state index is 13.3. The molecule has 1 aliphatic heterocycles. The summed E-state index contributed by atoms with van der Waals surface area (Å²) in [5.74, 6) is 0.450. The van der Waals surface area contributed by atoms with Gasteiger partial charge in [0.1, 0.15) is 11.3 Å². The first-order valence-corrected chi connectivity index (χ1v) is 9.00. The zero-order valence-corrected chi connectivity index (χ0v) is 15.4. The van der Waals surface area contributed by atoms with E-state index in [0.717, 1.165) is 5.56 Å². The molecule has 4 aromatic rings. The van der Waals surface area contributed by atoms with Crippen LogP contribution >= 0.6 is 11.6 Å². The van der Waals surface area contributed by atoms with Crippen molar-refractivity contribution in [3.63, 3.8) is 0 Å². The minimum Gasteiger partial charge on any atom is -0.450 e. The number of carbonyl (C=O) groups excluding carboxylic acids is 1. The molecule has 138 valence electrons. The largest absolute Gasteiger partial charge is 0.450 e. The lowest BCUT2D eigenvalue weighted by atomic mass is 9.98. The average Bonchev–Trinajstić information content (AvgIpc) is 3.24. The maximum Gasteiger partial charge on any atom is 0.296 e. The molecule has 3 heterocycles. The highest BCUT2D eigenvalue weighted by Gasteiger charge is 2.44. The minimum absolute atomic E-state index is 0.00864. The Balaban J connectivity index is 1.84. The van der Waals surface area contributed by atoms with E-state index in [1.54, 1.807) is 31.2 Å². The summed E-state index contributed by atoms with van der Waals surface area (Å²) in [6.45, 7) is 1.74. The molecule has 0 bridgehead atoms. The van der Waals surface area contributed by atoms with E-state index in [4.69, 9.17) is 20.5 Å². The summed E-state index contributed by atoms with van der Waals surface area (Å²) in [5, 5.41) is 4.74. The van der Waals surface area contributed by atoms with Crippen molar-refractivity contribution in [3.05, 3.63) is 92.5 Å². The Kier molecular flexibility index (Phi) is 3.64. The van der Waals surface area contributed by atoms with Crippen LogP contribution in [-0.4, -0.2) is 11.1 Å². The molecule has 1 aliphatic rings. The van der Waals surface area contributed by atoms with Crippen LogP contribution in [0.15, 0.2) is 68.3 Å². The second-order valence-electron chi connectivity index (χ2n) is 6.60. The van der Waals surface area contributed by atoms with Crippen molar-refractivity contribution in [2.75, 3.05) is 4.90 Å². The lowest BCUT2D eigenvalue weighted by Crippen LogP contribution is -2.29. The number of rotatable bonds is 2. The number of aryl methyl sites for hydroxylation is 1. The molecule has 0 spiro atoms. The number of benzene rings is 2. The molecule has 2 aromatic heterocycles. The highest BCUT2D eigenvalue weighted by Crippen LogP contribution is 2.40. The van der Waals surface area contributed by atoms with Gasteiger partial charge in [-0.1, -0.05) is 47.1 Å². The van der Waals surface area contributed by atoms with Gasteiger partial charge >= 0.3 is 0 Å². The number of nitrogens with zero attached hydrogens (tertiary/aromatic N) is 2. The maximum atomic E-state index is 13.3. The van der Waals surface area contributed by atoms with Crippen molar-refractivity contribution in [2.24, 2.45) is 0 Å². The Labute approximate surface area is 163 Å². The average molecular weight is 393 g/mol. The van der Waals surface area contributed by atoms with Crippen LogP contribution in [0.5, 0.6) is 0 Å². The summed E-state index contributed by atoms with van der Waals surface area (Å²) in [5.41, 5.74) is 1.06. The lowest BCUT2D eigenvalue weighted by molar-refractivity contribution is 0.0969. The van der Waals surface area contributed by atoms with Gasteiger partial charge in [-0.05, 0) is 30.7 Å². The van der Waals surface area contributed by atoms with E-state index >= 15 is 0 Å². The number of hydrogen-bond acceptors (Lipinski definition) is 5. The van der Waals surface area contributed by atoms with Gasteiger partial charge in [0.05, 0.1) is 17.0 Å². The van der Waals surface area contributed by atoms with Gasteiger partial charge in [0.2, 0.25) is 5.76 Å². The molecule has 0 N–H and O–H groups in total. The highest BCUT2D eigenvalue weighted by atomic mass is 35.5. The number of carbonyl (C=O) groups is 1. The van der Waals surface area contributed by atoms with Gasteiger partial charge < -0.3 is 8.94 Å². The van der Waals surface area contributed by atoms with Crippen LogP contribution in [0.3, 0.4) is 0 Å². The van der Waals surface area contributed by atoms with Crippen LogP contribution in [-0.2, 0) is 0 Å². The molecule has 2 aromatic carbocycles. The molecule has 0 aliphatic carbocycles. The molecule has 1 unspecified atom stereocenters. The third-order valence-corrected chi connectivity index (χ3v) is 5.04. The van der Waals surface area contributed by atoms with Crippen molar-refractivity contribution < 1.29 is 13.7 Å². The van der Waals surface area contributed by atoms with E-state index in [0.29, 0.717) is 27.6 Å². The van der Waals surface area contributed by atoms with Gasteiger partial charge in [0.15, 0.2) is 11.2 Å². The SMILES string of the molecule is Cc1cc(N2C(=O)c3oc4ccc(Cl)cc4c(=O)c3C2c2ccccc2)no1. The summed E-state index contributed by atoms with van der Waals surface area (Å²) in [6, 6.07) is 15.0. The second kappa shape index (κ2) is 6.07. The second-order valence-corrected chi connectivity index (χ2v) is 7.04. The van der Waals surface area contributed by atoms with Crippen LogP contribution in [0.1, 0.15) is 33.5 Å². The number of halogens is 1. The van der Waals surface area contributed by atoms with Crippen molar-refractivity contribution in [1.29, 1.82) is 0 Å². The first-order valence-electron chi connectivity index (χ1n) is 8.62. The Morgan fingerprint density at radius 1 is 1.07 bits per heavy atom. The van der Waals surface area contributed by atoms with E-state index in [2.05, 4.69) is 5.16 Å². The molecule has 1 atom stereocenters. The number of amides is 1. The van der Waals surface area contributed by atoms with E-state index < -0.39 is 11.9 Å². The monoisotopic (exact) mass is 392 g/mol. The smallest absolute Gasteiger partial charge is 0.296 e. The number of hydrogen-bond donors (Lipinski definition) is 0. The fourth-order valence-electron chi connectivity index (χ4n) is 3.60. The normalized spacial score (nSPS) is 16.0. The van der Waals surface area contributed by atoms with Crippen molar-refractivity contribution in [3.8, 4) is 0 Å². The zero-order valence-electron chi connectivity index (χ0n) is 14.7. The molecule has 28 heavy (non-hydrogen) atoms. The van der Waals surface area contributed by atoms with Crippen molar-refractivity contribution >= 4 is 34.3 Å². The first kappa shape index (κ1) is 16.8. The molecule has 0 saturated carbocycles. The third kappa shape index (κ3) is 2.38. The predicted molar refractivity (Wildman–Crippen MR) is 104 cm³/mol. The Morgan fingerprint density at radius 3 is 2.57 bits per heavy atom. The Hall–Kier alpha value is -3.38. The summed E-state index contributed by atoms with van der Waals surface area (Å²) in [4.78, 5) is 28.0. The predicted octanol–water partition coefficient (Wildman–Crippen LogP) is 4.49. The van der Waals surface area contributed by atoms with Gasteiger partial charge in [0.25, 0.3) is 5.91 Å². The van der Waals surface area contributed by atoms with E-state index in [1.165, 1.54) is 4.90 Å². The van der Waals surface area contributed by atoms with Gasteiger partial charge in [-0.25, -0.2) is 0 Å². The number of anilines is 1. The van der Waals surface area contributed by atoms with Gasteiger partial charge in [-0.2, -0.15) is 0 Å². The third-order valence-electron chi connectivity index (χ3n) is 4.81. The summed E-state index contributed by atoms with van der Waals surface area (Å²) in [7, 11) is 0. The van der Waals surface area contributed by atoms with Crippen LogP contribution in [0.25, 0.3) is 11.0 Å². The lowest BCUT2D eigenvalue weighted by Gasteiger charge is -2.22. The quantitative estimate of drug-likeness (QED) is 0.502.